The zero-order chi connectivity index (χ0) is 17.6. The first-order valence-corrected chi connectivity index (χ1v) is 9.48. The van der Waals surface area contributed by atoms with Crippen LogP contribution in [0.15, 0.2) is 4.52 Å². The van der Waals surface area contributed by atoms with E-state index in [-0.39, 0.29) is 11.4 Å². The van der Waals surface area contributed by atoms with Gasteiger partial charge in [0.1, 0.15) is 5.76 Å². The van der Waals surface area contributed by atoms with Crippen LogP contribution in [0.1, 0.15) is 62.0 Å². The summed E-state index contributed by atoms with van der Waals surface area (Å²) < 4.78 is 5.27. The highest BCUT2D eigenvalue weighted by atomic mass is 16.5. The molecular formula is C19H27N3O3. The summed E-state index contributed by atoms with van der Waals surface area (Å²) in [4.78, 5) is 29.0. The minimum atomic E-state index is -0.0937. The second-order valence-corrected chi connectivity index (χ2v) is 8.04. The van der Waals surface area contributed by atoms with Gasteiger partial charge in [-0.1, -0.05) is 5.16 Å². The molecule has 0 atom stereocenters. The van der Waals surface area contributed by atoms with Crippen molar-refractivity contribution < 1.29 is 14.1 Å². The quantitative estimate of drug-likeness (QED) is 0.841. The lowest BCUT2D eigenvalue weighted by Crippen LogP contribution is -2.53. The Hall–Kier alpha value is -1.85. The minimum absolute atomic E-state index is 0.0937. The van der Waals surface area contributed by atoms with E-state index in [1.54, 1.807) is 0 Å². The number of nitrogens with zero attached hydrogens (tertiary/aromatic N) is 3. The van der Waals surface area contributed by atoms with Gasteiger partial charge in [-0.3, -0.25) is 9.59 Å². The largest absolute Gasteiger partial charge is 0.361 e. The molecule has 1 aromatic rings. The molecule has 6 heteroatoms. The van der Waals surface area contributed by atoms with Gasteiger partial charge in [-0.25, -0.2) is 0 Å². The molecule has 3 fully saturated rings. The van der Waals surface area contributed by atoms with E-state index in [1.165, 1.54) is 12.8 Å². The topological polar surface area (TPSA) is 66.7 Å². The Kier molecular flexibility index (Phi) is 4.08. The lowest BCUT2D eigenvalue weighted by molar-refractivity contribution is -0.137. The van der Waals surface area contributed by atoms with E-state index < -0.39 is 0 Å². The van der Waals surface area contributed by atoms with Crippen LogP contribution in [-0.4, -0.2) is 45.4 Å². The number of likely N-dealkylation sites (tertiary alicyclic amines) is 2. The van der Waals surface area contributed by atoms with E-state index in [1.807, 2.05) is 23.6 Å². The Morgan fingerprint density at radius 2 is 1.96 bits per heavy atom. The summed E-state index contributed by atoms with van der Waals surface area (Å²) in [6.45, 7) is 5.96. The van der Waals surface area contributed by atoms with Crippen molar-refractivity contribution in [3.63, 3.8) is 0 Å². The maximum absolute atomic E-state index is 12.6. The average molecular weight is 345 g/mol. The summed E-state index contributed by atoms with van der Waals surface area (Å²) in [5.41, 5.74) is 1.80. The predicted molar refractivity (Wildman–Crippen MR) is 91.6 cm³/mol. The molecule has 0 unspecified atom stereocenters. The maximum atomic E-state index is 12.6. The third-order valence-electron chi connectivity index (χ3n) is 6.38. The van der Waals surface area contributed by atoms with Gasteiger partial charge in [0.25, 0.3) is 0 Å². The summed E-state index contributed by atoms with van der Waals surface area (Å²) in [5.74, 6) is 1.95. The van der Waals surface area contributed by atoms with E-state index in [0.29, 0.717) is 31.2 Å². The summed E-state index contributed by atoms with van der Waals surface area (Å²) in [7, 11) is 0. The van der Waals surface area contributed by atoms with E-state index in [4.69, 9.17) is 4.52 Å². The van der Waals surface area contributed by atoms with Crippen molar-refractivity contribution in [2.45, 2.75) is 70.9 Å². The maximum Gasteiger partial charge on any atom is 0.223 e. The van der Waals surface area contributed by atoms with Crippen LogP contribution in [-0.2, 0) is 16.1 Å². The van der Waals surface area contributed by atoms with Crippen molar-refractivity contribution in [1.29, 1.82) is 0 Å². The molecular weight excluding hydrogens is 318 g/mol. The van der Waals surface area contributed by atoms with Crippen molar-refractivity contribution in [2.24, 2.45) is 5.92 Å². The normalized spacial score (nSPS) is 22.9. The van der Waals surface area contributed by atoms with Crippen molar-refractivity contribution in [1.82, 2.24) is 15.0 Å². The van der Waals surface area contributed by atoms with Gasteiger partial charge in [0, 0.05) is 37.0 Å². The zero-order valence-corrected chi connectivity index (χ0v) is 15.2. The van der Waals surface area contributed by atoms with Gasteiger partial charge < -0.3 is 14.3 Å². The fourth-order valence-electron chi connectivity index (χ4n) is 4.41. The van der Waals surface area contributed by atoms with Crippen LogP contribution in [0, 0.1) is 19.8 Å². The van der Waals surface area contributed by atoms with Gasteiger partial charge in [0.2, 0.25) is 11.8 Å². The molecule has 2 aliphatic heterocycles. The van der Waals surface area contributed by atoms with Crippen LogP contribution >= 0.6 is 0 Å². The van der Waals surface area contributed by atoms with Crippen LogP contribution in [0.5, 0.6) is 0 Å². The summed E-state index contributed by atoms with van der Waals surface area (Å²) in [6.07, 6.45) is 6.43. The zero-order valence-electron chi connectivity index (χ0n) is 15.2. The Labute approximate surface area is 148 Å². The van der Waals surface area contributed by atoms with Gasteiger partial charge in [-0.15, -0.1) is 0 Å². The first kappa shape index (κ1) is 16.6. The van der Waals surface area contributed by atoms with E-state index in [9.17, 15) is 9.59 Å². The molecule has 2 saturated heterocycles. The van der Waals surface area contributed by atoms with Gasteiger partial charge >= 0.3 is 0 Å². The molecule has 0 radical (unpaired) electrons. The van der Waals surface area contributed by atoms with Crippen LogP contribution in [0.4, 0.5) is 0 Å². The molecule has 2 amide bonds. The van der Waals surface area contributed by atoms with Crippen molar-refractivity contribution in [2.75, 3.05) is 13.1 Å². The van der Waals surface area contributed by atoms with Crippen LogP contribution in [0.2, 0.25) is 0 Å². The second kappa shape index (κ2) is 6.15. The fourth-order valence-corrected chi connectivity index (χ4v) is 4.41. The SMILES string of the molecule is Cc1noc(C)c1CN1C(=O)CCC12CCN(C(=O)CC1CC1)CC2. The molecule has 1 spiro atoms. The number of rotatable bonds is 4. The molecule has 0 bridgehead atoms. The molecule has 6 nitrogen and oxygen atoms in total. The molecule has 3 heterocycles. The van der Waals surface area contributed by atoms with Crippen LogP contribution in [0.3, 0.4) is 0 Å². The molecule has 4 rings (SSSR count). The molecule has 1 aliphatic carbocycles. The molecule has 1 aromatic heterocycles. The third kappa shape index (κ3) is 3.07. The fraction of sp³-hybridized carbons (Fsp3) is 0.737. The van der Waals surface area contributed by atoms with Crippen LogP contribution in [0.25, 0.3) is 0 Å². The number of aromatic nitrogens is 1. The molecule has 25 heavy (non-hydrogen) atoms. The molecule has 136 valence electrons. The van der Waals surface area contributed by atoms with Crippen molar-refractivity contribution in [3.8, 4) is 0 Å². The Morgan fingerprint density at radius 1 is 1.24 bits per heavy atom. The number of piperidine rings is 1. The number of hydrogen-bond acceptors (Lipinski definition) is 4. The summed E-state index contributed by atoms with van der Waals surface area (Å²) in [6, 6.07) is 0. The van der Waals surface area contributed by atoms with Gasteiger partial charge in [-0.05, 0) is 51.9 Å². The smallest absolute Gasteiger partial charge is 0.223 e. The van der Waals surface area contributed by atoms with Crippen LogP contribution < -0.4 is 0 Å². The number of amides is 2. The first-order valence-electron chi connectivity index (χ1n) is 9.48. The number of carbonyl (C=O) groups excluding carboxylic acids is 2. The van der Waals surface area contributed by atoms with Gasteiger partial charge in [0.05, 0.1) is 12.2 Å². The first-order chi connectivity index (χ1) is 12.0. The predicted octanol–water partition coefficient (Wildman–Crippen LogP) is 2.58. The molecule has 0 N–H and O–H groups in total. The van der Waals surface area contributed by atoms with E-state index >= 15 is 0 Å². The highest BCUT2D eigenvalue weighted by Crippen LogP contribution is 2.41. The highest BCUT2D eigenvalue weighted by Gasteiger charge is 2.47. The number of aryl methyl sites for hydroxylation is 2. The summed E-state index contributed by atoms with van der Waals surface area (Å²) >= 11 is 0. The van der Waals surface area contributed by atoms with E-state index in [2.05, 4.69) is 5.16 Å². The average Bonchev–Trinajstić information content (AvgIpc) is 3.30. The van der Waals surface area contributed by atoms with Gasteiger partial charge in [-0.2, -0.15) is 0 Å². The Morgan fingerprint density at radius 3 is 2.56 bits per heavy atom. The second-order valence-electron chi connectivity index (χ2n) is 8.04. The monoisotopic (exact) mass is 345 g/mol. The summed E-state index contributed by atoms with van der Waals surface area (Å²) in [5, 5.41) is 4.02. The minimum Gasteiger partial charge on any atom is -0.361 e. The van der Waals surface area contributed by atoms with Gasteiger partial charge in [0.15, 0.2) is 0 Å². The number of carbonyl (C=O) groups is 2. The van der Waals surface area contributed by atoms with Crippen molar-refractivity contribution in [3.05, 3.63) is 17.0 Å². The van der Waals surface area contributed by atoms with E-state index in [0.717, 1.165) is 49.4 Å². The lowest BCUT2D eigenvalue weighted by Gasteiger charge is -2.45. The molecule has 3 aliphatic rings. The number of hydrogen-bond donors (Lipinski definition) is 0. The highest BCUT2D eigenvalue weighted by molar-refractivity contribution is 5.80. The Bertz CT molecular complexity index is 665. The Balaban J connectivity index is 1.45. The molecule has 0 aromatic carbocycles. The lowest BCUT2D eigenvalue weighted by atomic mass is 9.84. The standard InChI is InChI=1S/C19H27N3O3/c1-13-16(14(2)25-20-13)12-22-17(23)5-6-19(22)7-9-21(10-8-19)18(24)11-15-3-4-15/h15H,3-12H2,1-2H3. The molecule has 1 saturated carbocycles. The third-order valence-corrected chi connectivity index (χ3v) is 6.38. The van der Waals surface area contributed by atoms with Crippen molar-refractivity contribution >= 4 is 11.8 Å².